The van der Waals surface area contributed by atoms with Crippen LogP contribution in [0.5, 0.6) is 5.75 Å². The zero-order valence-corrected chi connectivity index (χ0v) is 12.6. The van der Waals surface area contributed by atoms with Crippen LogP contribution >= 0.6 is 0 Å². The van der Waals surface area contributed by atoms with Gasteiger partial charge in [0, 0.05) is 6.20 Å². The Labute approximate surface area is 133 Å². The summed E-state index contributed by atoms with van der Waals surface area (Å²) < 4.78 is 6.90. The highest BCUT2D eigenvalue weighted by molar-refractivity contribution is 5.97. The third-order valence-electron chi connectivity index (χ3n) is 3.29. The number of carbonyl (C=O) groups is 1. The van der Waals surface area contributed by atoms with Crippen molar-refractivity contribution in [3.8, 4) is 11.4 Å². The third kappa shape index (κ3) is 3.35. The van der Waals surface area contributed by atoms with Crippen LogP contribution in [0.3, 0.4) is 0 Å². The predicted octanol–water partition coefficient (Wildman–Crippen LogP) is 2.62. The van der Waals surface area contributed by atoms with Crippen LogP contribution in [-0.2, 0) is 0 Å². The van der Waals surface area contributed by atoms with E-state index in [2.05, 4.69) is 10.1 Å². The molecule has 5 heteroatoms. The van der Waals surface area contributed by atoms with Crippen LogP contribution in [0.4, 0.5) is 0 Å². The molecule has 0 fully saturated rings. The molecule has 2 aromatic carbocycles. The van der Waals surface area contributed by atoms with Crippen LogP contribution < -0.4 is 10.1 Å². The number of aromatic nitrogens is 2. The standard InChI is InChI=1S/C18H15N3O2/c1-23-17-10-6-5-9-16(17)18(22)20-14-11-12-21(19-13-14)15-7-3-2-4-8-15/h2-13H,1H3/b20-14+. The molecule has 0 saturated carbocycles. The number of carbonyl (C=O) groups excluding carboxylic acids is 1. The van der Waals surface area contributed by atoms with Gasteiger partial charge in [-0.15, -0.1) is 0 Å². The Morgan fingerprint density at radius 2 is 1.78 bits per heavy atom. The maximum absolute atomic E-state index is 12.3. The summed E-state index contributed by atoms with van der Waals surface area (Å²) in [5.41, 5.74) is 1.37. The molecule has 0 bridgehead atoms. The number of amides is 1. The van der Waals surface area contributed by atoms with Crippen molar-refractivity contribution in [3.05, 3.63) is 84.0 Å². The van der Waals surface area contributed by atoms with E-state index in [9.17, 15) is 4.79 Å². The summed E-state index contributed by atoms with van der Waals surface area (Å²) in [6, 6.07) is 18.5. The smallest absolute Gasteiger partial charge is 0.281 e. The summed E-state index contributed by atoms with van der Waals surface area (Å²) >= 11 is 0. The molecule has 0 saturated heterocycles. The van der Waals surface area contributed by atoms with Gasteiger partial charge in [-0.3, -0.25) is 4.79 Å². The molecule has 0 atom stereocenters. The molecule has 0 aliphatic rings. The highest BCUT2D eigenvalue weighted by Crippen LogP contribution is 2.17. The minimum absolute atomic E-state index is 0.360. The zero-order chi connectivity index (χ0) is 16.1. The van der Waals surface area contributed by atoms with E-state index in [4.69, 9.17) is 4.74 Å². The van der Waals surface area contributed by atoms with Gasteiger partial charge in [0.25, 0.3) is 5.91 Å². The lowest BCUT2D eigenvalue weighted by molar-refractivity contribution is 0.0995. The van der Waals surface area contributed by atoms with Crippen molar-refractivity contribution in [3.63, 3.8) is 0 Å². The normalized spacial score (nSPS) is 11.3. The average Bonchev–Trinajstić information content (AvgIpc) is 2.63. The van der Waals surface area contributed by atoms with Crippen molar-refractivity contribution in [1.82, 2.24) is 9.78 Å². The minimum atomic E-state index is -0.360. The van der Waals surface area contributed by atoms with E-state index in [0.29, 0.717) is 16.7 Å². The van der Waals surface area contributed by atoms with Gasteiger partial charge in [-0.05, 0) is 30.3 Å². The number of para-hydroxylation sites is 2. The quantitative estimate of drug-likeness (QED) is 0.747. The Morgan fingerprint density at radius 3 is 2.48 bits per heavy atom. The number of rotatable bonds is 3. The molecule has 0 radical (unpaired) electrons. The molecule has 3 aromatic rings. The van der Waals surface area contributed by atoms with E-state index in [-0.39, 0.29) is 5.91 Å². The van der Waals surface area contributed by atoms with Gasteiger partial charge in [0.05, 0.1) is 29.9 Å². The first kappa shape index (κ1) is 14.7. The van der Waals surface area contributed by atoms with Gasteiger partial charge in [0.2, 0.25) is 0 Å². The molecule has 0 spiro atoms. The summed E-state index contributed by atoms with van der Waals surface area (Å²) in [7, 11) is 1.53. The third-order valence-corrected chi connectivity index (χ3v) is 3.29. The van der Waals surface area contributed by atoms with Crippen molar-refractivity contribution >= 4 is 5.91 Å². The van der Waals surface area contributed by atoms with Crippen molar-refractivity contribution in [2.75, 3.05) is 7.11 Å². The van der Waals surface area contributed by atoms with E-state index in [0.717, 1.165) is 5.69 Å². The molecule has 0 aliphatic carbocycles. The topological polar surface area (TPSA) is 56.5 Å². The van der Waals surface area contributed by atoms with Crippen LogP contribution in [0.15, 0.2) is 78.0 Å². The molecule has 0 aliphatic heterocycles. The molecule has 23 heavy (non-hydrogen) atoms. The number of benzene rings is 2. The first-order valence-corrected chi connectivity index (χ1v) is 7.10. The monoisotopic (exact) mass is 305 g/mol. The summed E-state index contributed by atoms with van der Waals surface area (Å²) in [5.74, 6) is 0.145. The number of methoxy groups -OCH3 is 1. The molecule has 5 nitrogen and oxygen atoms in total. The van der Waals surface area contributed by atoms with Gasteiger partial charge in [0.15, 0.2) is 0 Å². The second-order valence-electron chi connectivity index (χ2n) is 4.78. The van der Waals surface area contributed by atoms with Crippen molar-refractivity contribution < 1.29 is 9.53 Å². The van der Waals surface area contributed by atoms with E-state index in [1.54, 1.807) is 41.3 Å². The Bertz CT molecular complexity index is 866. The van der Waals surface area contributed by atoms with Crippen molar-refractivity contribution in [2.45, 2.75) is 0 Å². The molecule has 0 N–H and O–H groups in total. The maximum atomic E-state index is 12.3. The number of ether oxygens (including phenoxy) is 1. The van der Waals surface area contributed by atoms with Crippen LogP contribution in [0.1, 0.15) is 10.4 Å². The number of hydrogen-bond acceptors (Lipinski definition) is 3. The average molecular weight is 305 g/mol. The molecule has 1 heterocycles. The SMILES string of the molecule is COc1ccccc1C(=O)/N=c1\ccn(-c2ccccc2)nc1. The van der Waals surface area contributed by atoms with E-state index >= 15 is 0 Å². The molecule has 1 aromatic heterocycles. The van der Waals surface area contributed by atoms with Gasteiger partial charge in [0.1, 0.15) is 5.75 Å². The Kier molecular flexibility index (Phi) is 4.29. The van der Waals surface area contributed by atoms with Gasteiger partial charge in [-0.25, -0.2) is 9.67 Å². The Balaban J connectivity index is 1.90. The van der Waals surface area contributed by atoms with Gasteiger partial charge in [-0.1, -0.05) is 30.3 Å². The summed E-state index contributed by atoms with van der Waals surface area (Å²) in [6.07, 6.45) is 3.32. The fourth-order valence-electron chi connectivity index (χ4n) is 2.15. The second kappa shape index (κ2) is 6.70. The number of nitrogens with zero attached hydrogens (tertiary/aromatic N) is 3. The second-order valence-corrected chi connectivity index (χ2v) is 4.78. The van der Waals surface area contributed by atoms with Crippen molar-refractivity contribution in [2.24, 2.45) is 4.99 Å². The van der Waals surface area contributed by atoms with Crippen LogP contribution in [0.2, 0.25) is 0 Å². The first-order valence-electron chi connectivity index (χ1n) is 7.10. The molecular weight excluding hydrogens is 290 g/mol. The van der Waals surface area contributed by atoms with E-state index in [1.807, 2.05) is 36.4 Å². The van der Waals surface area contributed by atoms with Crippen molar-refractivity contribution in [1.29, 1.82) is 0 Å². The molecule has 3 rings (SSSR count). The van der Waals surface area contributed by atoms with Crippen LogP contribution in [0.25, 0.3) is 5.69 Å². The van der Waals surface area contributed by atoms with Crippen LogP contribution in [-0.4, -0.2) is 22.8 Å². The highest BCUT2D eigenvalue weighted by atomic mass is 16.5. The largest absolute Gasteiger partial charge is 0.496 e. The predicted molar refractivity (Wildman–Crippen MR) is 86.5 cm³/mol. The van der Waals surface area contributed by atoms with Gasteiger partial charge in [-0.2, -0.15) is 5.10 Å². The lowest BCUT2D eigenvalue weighted by Crippen LogP contribution is -2.11. The Hall–Kier alpha value is -3.21. The van der Waals surface area contributed by atoms with Gasteiger partial charge >= 0.3 is 0 Å². The fraction of sp³-hybridized carbons (Fsp3) is 0.0556. The lowest BCUT2D eigenvalue weighted by atomic mass is 10.2. The summed E-state index contributed by atoms with van der Waals surface area (Å²) in [6.45, 7) is 0. The maximum Gasteiger partial charge on any atom is 0.281 e. The lowest BCUT2D eigenvalue weighted by Gasteiger charge is -2.04. The van der Waals surface area contributed by atoms with Gasteiger partial charge < -0.3 is 4.74 Å². The fourth-order valence-corrected chi connectivity index (χ4v) is 2.15. The van der Waals surface area contributed by atoms with E-state index in [1.165, 1.54) is 7.11 Å². The number of hydrogen-bond donors (Lipinski definition) is 0. The minimum Gasteiger partial charge on any atom is -0.496 e. The van der Waals surface area contributed by atoms with E-state index < -0.39 is 0 Å². The Morgan fingerprint density at radius 1 is 1.04 bits per heavy atom. The van der Waals surface area contributed by atoms with Crippen LogP contribution in [0, 0.1) is 0 Å². The summed E-state index contributed by atoms with van der Waals surface area (Å²) in [4.78, 5) is 16.3. The highest BCUT2D eigenvalue weighted by Gasteiger charge is 2.09. The molecule has 114 valence electrons. The molecule has 0 unspecified atom stereocenters. The zero-order valence-electron chi connectivity index (χ0n) is 12.6. The first-order chi connectivity index (χ1) is 11.3. The summed E-state index contributed by atoms with van der Waals surface area (Å²) in [5, 5.41) is 4.77. The molecular formula is C18H15N3O2. The molecule has 1 amide bonds.